The second-order valence-electron chi connectivity index (χ2n) is 4.57. The van der Waals surface area contributed by atoms with E-state index in [-0.39, 0.29) is 5.02 Å². The van der Waals surface area contributed by atoms with Gasteiger partial charge < -0.3 is 0 Å². The molecule has 1 unspecified atom stereocenters. The Bertz CT molecular complexity index is 820. The van der Waals surface area contributed by atoms with Gasteiger partial charge in [-0.15, -0.1) is 0 Å². The Morgan fingerprint density at radius 1 is 1.20 bits per heavy atom. The van der Waals surface area contributed by atoms with Gasteiger partial charge in [0, 0.05) is 0 Å². The molecule has 20 heavy (non-hydrogen) atoms. The summed E-state index contributed by atoms with van der Waals surface area (Å²) in [6, 6.07) is 5.59. The molecule has 2 aromatic heterocycles. The summed E-state index contributed by atoms with van der Waals surface area (Å²) in [7, 11) is 0. The first-order valence-electron chi connectivity index (χ1n) is 6.02. The van der Waals surface area contributed by atoms with E-state index in [1.54, 1.807) is 18.6 Å². The van der Waals surface area contributed by atoms with Crippen LogP contribution in [-0.4, -0.2) is 26.8 Å². The van der Waals surface area contributed by atoms with Crippen LogP contribution < -0.4 is 4.48 Å². The number of benzene rings is 1. The molecule has 5 heteroatoms. The Morgan fingerprint density at radius 2 is 2.00 bits per heavy atom. The average Bonchev–Trinajstić information content (AvgIpc) is 2.43. The summed E-state index contributed by atoms with van der Waals surface area (Å²) in [6.45, 7) is 1.93. The monoisotopic (exact) mass is 348 g/mol. The molecule has 0 fully saturated rings. The Balaban J connectivity index is 2.37. The van der Waals surface area contributed by atoms with Crippen molar-refractivity contribution >= 4 is 43.7 Å². The summed E-state index contributed by atoms with van der Waals surface area (Å²) < 4.78 is 15.4. The van der Waals surface area contributed by atoms with Crippen LogP contribution in [0.25, 0.3) is 21.9 Å². The maximum atomic E-state index is 14.5. The van der Waals surface area contributed by atoms with E-state index in [4.69, 9.17) is 11.6 Å². The van der Waals surface area contributed by atoms with E-state index in [2.05, 4.69) is 9.97 Å². The van der Waals surface area contributed by atoms with Crippen molar-refractivity contribution in [2.24, 2.45) is 0 Å². The van der Waals surface area contributed by atoms with Crippen molar-refractivity contribution in [3.63, 3.8) is 0 Å². The molecule has 3 aromatic rings. The van der Waals surface area contributed by atoms with Gasteiger partial charge in [0.05, 0.1) is 0 Å². The fraction of sp³-hybridized carbons (Fsp3) is 0.0667. The predicted molar refractivity (Wildman–Crippen MR) is 82.9 cm³/mol. The molecule has 100 valence electrons. The van der Waals surface area contributed by atoms with E-state index >= 15 is 0 Å². The van der Waals surface area contributed by atoms with E-state index in [0.717, 1.165) is 21.0 Å². The Morgan fingerprint density at radius 3 is 2.75 bits per heavy atom. The van der Waals surface area contributed by atoms with Crippen molar-refractivity contribution < 1.29 is 4.39 Å². The average molecular weight is 349 g/mol. The first-order valence-corrected chi connectivity index (χ1v) is 7.61. The van der Waals surface area contributed by atoms with Crippen LogP contribution in [0.3, 0.4) is 0 Å². The number of rotatable bonds is 1. The number of aryl methyl sites for hydroxylation is 1. The fourth-order valence-electron chi connectivity index (χ4n) is 2.19. The Hall–Kier alpha value is -1.44. The molecule has 0 aliphatic rings. The second-order valence-corrected chi connectivity index (χ2v) is 6.19. The third-order valence-corrected chi connectivity index (χ3v) is 4.28. The van der Waals surface area contributed by atoms with Gasteiger partial charge in [0.1, 0.15) is 0 Å². The van der Waals surface area contributed by atoms with E-state index in [1.165, 1.54) is 16.9 Å². The third kappa shape index (κ3) is 2.21. The van der Waals surface area contributed by atoms with Crippen LogP contribution in [0.4, 0.5) is 4.39 Å². The first kappa shape index (κ1) is 13.5. The summed E-state index contributed by atoms with van der Waals surface area (Å²) in [4.78, 5) is 8.26. The van der Waals surface area contributed by atoms with Crippen LogP contribution in [0.1, 0.15) is 5.56 Å². The normalized spacial score (nSPS) is 11.0. The van der Waals surface area contributed by atoms with Crippen molar-refractivity contribution in [2.75, 3.05) is 0 Å². The van der Waals surface area contributed by atoms with Gasteiger partial charge in [-0.2, -0.15) is 0 Å². The first-order chi connectivity index (χ1) is 9.58. The molecule has 1 aromatic carbocycles. The van der Waals surface area contributed by atoms with Crippen LogP contribution >= 0.6 is 11.6 Å². The molecule has 0 saturated heterocycles. The predicted octanol–water partition coefficient (Wildman–Crippen LogP) is 2.66. The molecule has 0 spiro atoms. The summed E-state index contributed by atoms with van der Waals surface area (Å²) in [6.07, 6.45) is 4.97. The number of halogens is 2. The Kier molecular flexibility index (Phi) is 3.49. The molecule has 0 aliphatic heterocycles. The molecule has 0 N–H and O–H groups in total. The van der Waals surface area contributed by atoms with Gasteiger partial charge in [0.2, 0.25) is 0 Å². The molecule has 0 aliphatic carbocycles. The Labute approximate surface area is 129 Å². The summed E-state index contributed by atoms with van der Waals surface area (Å²) >= 11 is 7.58. The van der Waals surface area contributed by atoms with Crippen LogP contribution in [0.15, 0.2) is 36.8 Å². The molecular formula is C15H11AsClFN2. The van der Waals surface area contributed by atoms with Crippen molar-refractivity contribution in [2.45, 2.75) is 6.92 Å². The zero-order chi connectivity index (χ0) is 14.3. The zero-order valence-electron chi connectivity index (χ0n) is 10.7. The van der Waals surface area contributed by atoms with Gasteiger partial charge in [-0.25, -0.2) is 0 Å². The van der Waals surface area contributed by atoms with Crippen LogP contribution in [0.5, 0.6) is 0 Å². The number of nitrogens with zero attached hydrogens (tertiary/aromatic N) is 2. The minimum atomic E-state index is -0.425. The van der Waals surface area contributed by atoms with E-state index in [9.17, 15) is 4.39 Å². The van der Waals surface area contributed by atoms with E-state index in [1.807, 2.05) is 25.1 Å². The topological polar surface area (TPSA) is 25.8 Å². The number of hydrogen-bond acceptors (Lipinski definition) is 2. The maximum absolute atomic E-state index is 14.5. The van der Waals surface area contributed by atoms with Crippen molar-refractivity contribution in [1.29, 1.82) is 0 Å². The SMILES string of the molecule is Cc1ccncc1-c1cc2cc([AsH2])ncc2c(Cl)c1F. The summed E-state index contributed by atoms with van der Waals surface area (Å²) in [5, 5.41) is 1.64. The molecule has 2 nitrogen and oxygen atoms in total. The van der Waals surface area contributed by atoms with Crippen molar-refractivity contribution in [3.05, 3.63) is 53.2 Å². The van der Waals surface area contributed by atoms with Crippen LogP contribution in [0, 0.1) is 12.7 Å². The minimum absolute atomic E-state index is 0.112. The molecule has 0 saturated carbocycles. The standard InChI is InChI=1S/C15H11AsClFN2/c1-8-2-3-19-6-11(8)10-4-9-5-13(16)20-7-12(9)14(17)15(10)18/h2-7H,16H2,1H3. The summed E-state index contributed by atoms with van der Waals surface area (Å²) in [5.41, 5.74) is 2.20. The van der Waals surface area contributed by atoms with E-state index in [0.29, 0.717) is 10.9 Å². The third-order valence-electron chi connectivity index (χ3n) is 3.25. The van der Waals surface area contributed by atoms with Gasteiger partial charge in [-0.05, 0) is 0 Å². The van der Waals surface area contributed by atoms with Gasteiger partial charge in [-0.1, -0.05) is 0 Å². The van der Waals surface area contributed by atoms with Crippen molar-refractivity contribution in [3.8, 4) is 11.1 Å². The fourth-order valence-corrected chi connectivity index (χ4v) is 2.98. The number of hydrogen-bond donors (Lipinski definition) is 0. The molecule has 0 radical (unpaired) electrons. The number of fused-ring (bicyclic) bond motifs is 1. The van der Waals surface area contributed by atoms with E-state index < -0.39 is 5.82 Å². The van der Waals surface area contributed by atoms with Gasteiger partial charge >= 0.3 is 129 Å². The van der Waals surface area contributed by atoms with Gasteiger partial charge in [0.25, 0.3) is 0 Å². The number of aromatic nitrogens is 2. The van der Waals surface area contributed by atoms with Crippen LogP contribution in [0.2, 0.25) is 5.02 Å². The molecule has 2 heterocycles. The molecule has 0 bridgehead atoms. The molecule has 3 rings (SSSR count). The quantitative estimate of drug-likeness (QED) is 0.632. The molecule has 0 amide bonds. The zero-order valence-corrected chi connectivity index (χ0v) is 13.9. The van der Waals surface area contributed by atoms with Crippen molar-refractivity contribution in [1.82, 2.24) is 9.97 Å². The number of pyridine rings is 2. The van der Waals surface area contributed by atoms with Gasteiger partial charge in [-0.3, -0.25) is 0 Å². The molecule has 1 atom stereocenters. The summed E-state index contributed by atoms with van der Waals surface area (Å²) in [5.74, 6) is -0.425. The van der Waals surface area contributed by atoms with Crippen LogP contribution in [-0.2, 0) is 0 Å². The molecular weight excluding hydrogens is 338 g/mol. The van der Waals surface area contributed by atoms with Gasteiger partial charge in [0.15, 0.2) is 0 Å². The second kappa shape index (κ2) is 5.16.